The van der Waals surface area contributed by atoms with Crippen LogP contribution in [-0.4, -0.2) is 28.7 Å². The molecular formula is C21H21BrF3N3O. The average molecular weight is 468 g/mol. The Bertz CT molecular complexity index is 928. The Morgan fingerprint density at radius 3 is 2.76 bits per heavy atom. The third-order valence-corrected chi connectivity index (χ3v) is 6.16. The van der Waals surface area contributed by atoms with Gasteiger partial charge < -0.3 is 10.2 Å². The van der Waals surface area contributed by atoms with Crippen LogP contribution in [0.15, 0.2) is 45.5 Å². The van der Waals surface area contributed by atoms with Crippen LogP contribution in [0.4, 0.5) is 13.2 Å². The Labute approximate surface area is 175 Å². The highest BCUT2D eigenvalue weighted by molar-refractivity contribution is 9.11. The van der Waals surface area contributed by atoms with Crippen LogP contribution in [-0.2, 0) is 4.79 Å². The number of rotatable bonds is 4. The van der Waals surface area contributed by atoms with E-state index in [1.54, 1.807) is 13.0 Å². The molecule has 3 aliphatic rings. The lowest BCUT2D eigenvalue weighted by Crippen LogP contribution is -2.42. The molecule has 4 rings (SSSR count). The van der Waals surface area contributed by atoms with Crippen LogP contribution in [0.1, 0.15) is 56.2 Å². The molecule has 1 aromatic rings. The molecule has 0 unspecified atom stereocenters. The second kappa shape index (κ2) is 7.97. The van der Waals surface area contributed by atoms with Gasteiger partial charge in [0.25, 0.3) is 12.3 Å². The van der Waals surface area contributed by atoms with E-state index in [1.807, 2.05) is 11.1 Å². The van der Waals surface area contributed by atoms with Crippen LogP contribution in [0.2, 0.25) is 0 Å². The first-order valence-electron chi connectivity index (χ1n) is 9.69. The van der Waals surface area contributed by atoms with Crippen LogP contribution >= 0.6 is 15.9 Å². The maximum absolute atomic E-state index is 14.4. The molecule has 8 heteroatoms. The van der Waals surface area contributed by atoms with E-state index in [9.17, 15) is 18.0 Å². The molecule has 154 valence electrons. The van der Waals surface area contributed by atoms with Crippen molar-refractivity contribution in [3.8, 4) is 0 Å². The number of halogens is 4. The zero-order valence-electron chi connectivity index (χ0n) is 15.8. The normalized spacial score (nSPS) is 24.3. The molecule has 2 heterocycles. The molecule has 0 radical (unpaired) electrons. The third kappa shape index (κ3) is 3.74. The smallest absolute Gasteiger partial charge is 0.266 e. The number of aliphatic imine (C=N–C) groups is 1. The van der Waals surface area contributed by atoms with E-state index < -0.39 is 29.8 Å². The van der Waals surface area contributed by atoms with E-state index in [0.717, 1.165) is 36.2 Å². The van der Waals surface area contributed by atoms with Crippen molar-refractivity contribution in [2.75, 3.05) is 0 Å². The molecule has 1 fully saturated rings. The zero-order chi connectivity index (χ0) is 20.7. The lowest BCUT2D eigenvalue weighted by molar-refractivity contribution is -0.117. The monoisotopic (exact) mass is 467 g/mol. The Morgan fingerprint density at radius 1 is 1.28 bits per heavy atom. The molecule has 0 aromatic heterocycles. The van der Waals surface area contributed by atoms with Gasteiger partial charge in [-0.2, -0.15) is 0 Å². The van der Waals surface area contributed by atoms with Crippen molar-refractivity contribution in [3.05, 3.63) is 57.5 Å². The van der Waals surface area contributed by atoms with Crippen molar-refractivity contribution in [1.29, 1.82) is 0 Å². The fraction of sp³-hybridized carbons (Fsp3) is 0.429. The number of fused-ring (bicyclic) bond motifs is 3. The highest BCUT2D eigenvalue weighted by Crippen LogP contribution is 2.36. The highest BCUT2D eigenvalue weighted by Gasteiger charge is 2.41. The maximum atomic E-state index is 14.4. The predicted molar refractivity (Wildman–Crippen MR) is 108 cm³/mol. The van der Waals surface area contributed by atoms with E-state index in [4.69, 9.17) is 4.99 Å². The number of nitrogens with zero attached hydrogens (tertiary/aromatic N) is 2. The van der Waals surface area contributed by atoms with Crippen molar-refractivity contribution >= 4 is 27.7 Å². The lowest BCUT2D eigenvalue weighted by atomic mass is 9.91. The predicted octanol–water partition coefficient (Wildman–Crippen LogP) is 5.14. The van der Waals surface area contributed by atoms with Crippen LogP contribution in [0.25, 0.3) is 0 Å². The van der Waals surface area contributed by atoms with Crippen LogP contribution in [0.5, 0.6) is 0 Å². The van der Waals surface area contributed by atoms with E-state index in [1.165, 1.54) is 12.1 Å². The van der Waals surface area contributed by atoms with E-state index in [2.05, 4.69) is 21.2 Å². The van der Waals surface area contributed by atoms with Crippen molar-refractivity contribution < 1.29 is 18.0 Å². The molecule has 0 spiro atoms. The molecule has 0 bridgehead atoms. The summed E-state index contributed by atoms with van der Waals surface area (Å²) in [7, 11) is 0. The number of allylic oxidation sites excluding steroid dienone is 2. The number of nitrogens with one attached hydrogen (secondary N) is 1. The van der Waals surface area contributed by atoms with Crippen LogP contribution in [0.3, 0.4) is 0 Å². The first-order chi connectivity index (χ1) is 13.9. The second-order valence-corrected chi connectivity index (χ2v) is 8.51. The molecule has 0 saturated heterocycles. The molecule has 1 aromatic carbocycles. The number of amidine groups is 1. The van der Waals surface area contributed by atoms with Crippen LogP contribution < -0.4 is 5.32 Å². The second-order valence-electron chi connectivity index (χ2n) is 7.60. The lowest BCUT2D eigenvalue weighted by Gasteiger charge is -2.32. The summed E-state index contributed by atoms with van der Waals surface area (Å²) < 4.78 is 41.2. The van der Waals surface area contributed by atoms with Gasteiger partial charge in [0.2, 0.25) is 0 Å². The quantitative estimate of drug-likeness (QED) is 0.665. The summed E-state index contributed by atoms with van der Waals surface area (Å²) in [5, 5.41) is 2.74. The average Bonchev–Trinajstić information content (AvgIpc) is 3.05. The molecule has 1 amide bonds. The molecule has 1 aliphatic carbocycles. The fourth-order valence-electron chi connectivity index (χ4n) is 4.28. The van der Waals surface area contributed by atoms with Gasteiger partial charge in [0.15, 0.2) is 0 Å². The van der Waals surface area contributed by atoms with Gasteiger partial charge in [-0.1, -0.05) is 31.0 Å². The molecule has 29 heavy (non-hydrogen) atoms. The summed E-state index contributed by atoms with van der Waals surface area (Å²) in [6.07, 6.45) is 5.00. The van der Waals surface area contributed by atoms with Gasteiger partial charge in [-0.25, -0.2) is 13.2 Å². The SMILES string of the molecule is C[C@@H](NC(=O)C1=CC(Br)=CN2C1=N[C@@H]1CCCC[C@@H]12)c1cccc(C(F)F)c1F. The molecule has 4 nitrogen and oxygen atoms in total. The number of carbonyl (C=O) groups is 1. The first-order valence-corrected chi connectivity index (χ1v) is 10.5. The summed E-state index contributed by atoms with van der Waals surface area (Å²) in [6, 6.07) is 3.48. The Kier molecular flexibility index (Phi) is 5.55. The van der Waals surface area contributed by atoms with E-state index >= 15 is 0 Å². The van der Waals surface area contributed by atoms with Gasteiger partial charge in [0.1, 0.15) is 11.7 Å². The molecule has 1 N–H and O–H groups in total. The van der Waals surface area contributed by atoms with Gasteiger partial charge in [0.05, 0.1) is 29.3 Å². The van der Waals surface area contributed by atoms with Crippen molar-refractivity contribution in [2.45, 2.75) is 57.2 Å². The summed E-state index contributed by atoms with van der Waals surface area (Å²) in [5.41, 5.74) is -0.242. The van der Waals surface area contributed by atoms with E-state index in [0.29, 0.717) is 11.4 Å². The number of alkyl halides is 2. The van der Waals surface area contributed by atoms with Gasteiger partial charge in [-0.05, 0) is 41.8 Å². The summed E-state index contributed by atoms with van der Waals surface area (Å²) in [6.45, 7) is 1.58. The first kappa shape index (κ1) is 20.2. The summed E-state index contributed by atoms with van der Waals surface area (Å²) >= 11 is 3.46. The van der Waals surface area contributed by atoms with Crippen LogP contribution in [0, 0.1) is 5.82 Å². The van der Waals surface area contributed by atoms with Gasteiger partial charge >= 0.3 is 0 Å². The Morgan fingerprint density at radius 2 is 2.00 bits per heavy atom. The van der Waals surface area contributed by atoms with Gasteiger partial charge in [-0.15, -0.1) is 0 Å². The summed E-state index contributed by atoms with van der Waals surface area (Å²) in [5.74, 6) is -0.775. The standard InChI is InChI=1S/C21H21BrF3N3O/c1-11(13-5-4-6-14(18(13)23)19(24)25)26-21(29)15-9-12(22)10-28-17-8-3-2-7-16(17)27-20(15)28/h4-6,9-11,16-17,19H,2-3,7-8H2,1H3,(H,26,29)/t11-,16-,17+/m1/s1. The molecule has 3 atom stereocenters. The minimum Gasteiger partial charge on any atom is -0.345 e. The zero-order valence-corrected chi connectivity index (χ0v) is 17.4. The largest absolute Gasteiger partial charge is 0.345 e. The molecule has 2 aliphatic heterocycles. The molecule has 1 saturated carbocycles. The number of hydrogen-bond acceptors (Lipinski definition) is 3. The van der Waals surface area contributed by atoms with Crippen molar-refractivity contribution in [3.63, 3.8) is 0 Å². The van der Waals surface area contributed by atoms with Gasteiger partial charge in [-0.3, -0.25) is 9.79 Å². The van der Waals surface area contributed by atoms with Gasteiger partial charge in [0, 0.05) is 16.2 Å². The number of hydrogen-bond donors (Lipinski definition) is 1. The molecular weight excluding hydrogens is 447 g/mol. The minimum absolute atomic E-state index is 0.0288. The maximum Gasteiger partial charge on any atom is 0.266 e. The Hall–Kier alpha value is -2.09. The number of amides is 1. The number of carbonyl (C=O) groups excluding carboxylic acids is 1. The third-order valence-electron chi connectivity index (χ3n) is 5.72. The summed E-state index contributed by atoms with van der Waals surface area (Å²) in [4.78, 5) is 19.8. The highest BCUT2D eigenvalue weighted by atomic mass is 79.9. The van der Waals surface area contributed by atoms with Crippen molar-refractivity contribution in [2.24, 2.45) is 4.99 Å². The fourth-order valence-corrected chi connectivity index (χ4v) is 4.73. The number of benzene rings is 1. The Balaban J connectivity index is 1.57. The minimum atomic E-state index is -2.91. The van der Waals surface area contributed by atoms with Crippen molar-refractivity contribution in [1.82, 2.24) is 10.2 Å². The van der Waals surface area contributed by atoms with E-state index in [-0.39, 0.29) is 17.6 Å². The topological polar surface area (TPSA) is 44.7 Å².